The minimum Gasteiger partial charge on any atom is -0.402 e. The molecule has 7 heavy (non-hydrogen) atoms. The second-order valence-corrected chi connectivity index (χ2v) is 0.346. The second-order valence-electron chi connectivity index (χ2n) is 0.346. The summed E-state index contributed by atoms with van der Waals surface area (Å²) in [5.74, 6) is 0. The molecule has 0 aromatic carbocycles. The second kappa shape index (κ2) is 16.2. The van der Waals surface area contributed by atoms with Crippen LogP contribution in [0, 0.1) is 75.5 Å². The van der Waals surface area contributed by atoms with Crippen LogP contribution in [0.15, 0.2) is 0 Å². The molecular formula is H3BGdLaO3Sc. The third kappa shape index (κ3) is 45.2. The summed E-state index contributed by atoms with van der Waals surface area (Å²) in [5.41, 5.74) is 0. The molecule has 0 spiro atoms. The molecule has 3 nitrogen and oxygen atoms in total. The average Bonchev–Trinajstić information content (AvgIpc) is 0.811. The first-order valence-corrected chi connectivity index (χ1v) is 0.775. The molecule has 3 N–H and O–H groups in total. The van der Waals surface area contributed by atoms with Gasteiger partial charge < -0.3 is 15.1 Å². The Morgan fingerprint density at radius 2 is 1.00 bits per heavy atom. The van der Waals surface area contributed by atoms with Crippen LogP contribution in [-0.2, 0) is 25.8 Å². The van der Waals surface area contributed by atoms with Gasteiger partial charge in [0, 0.05) is 101 Å². The Hall–Kier alpha value is 3.33. The fourth-order valence-electron chi connectivity index (χ4n) is 0. The van der Waals surface area contributed by atoms with E-state index in [9.17, 15) is 0 Å². The van der Waals surface area contributed by atoms with Crippen LogP contribution in [0.5, 0.6) is 0 Å². The molecule has 7 heteroatoms. The van der Waals surface area contributed by atoms with E-state index in [-0.39, 0.29) is 101 Å². The quantitative estimate of drug-likeness (QED) is 0.409. The Bertz CT molecular complexity index is 19.7. The molecule has 0 aromatic heterocycles. The maximum atomic E-state index is 7.17. The summed E-state index contributed by atoms with van der Waals surface area (Å²) < 4.78 is 0. The normalized spacial score (nSPS) is 3.86. The predicted molar refractivity (Wildman–Crippen MR) is 12.4 cm³/mol. The largest absolute Gasteiger partial charge is 0.631 e. The van der Waals surface area contributed by atoms with Gasteiger partial charge in [0.25, 0.3) is 0 Å². The molecule has 0 unspecified atom stereocenters. The molecule has 0 fully saturated rings. The van der Waals surface area contributed by atoms with Gasteiger partial charge in [0.2, 0.25) is 0 Å². The minimum absolute atomic E-state index is 0. The molecule has 0 bridgehead atoms. The molecule has 0 amide bonds. The zero-order valence-corrected chi connectivity index (χ0v) is 11.1. The van der Waals surface area contributed by atoms with Crippen LogP contribution >= 0.6 is 0 Å². The molecule has 0 atom stereocenters. The van der Waals surface area contributed by atoms with Gasteiger partial charge in [0.1, 0.15) is 0 Å². The van der Waals surface area contributed by atoms with E-state index in [0.717, 1.165) is 0 Å². The first-order valence-electron chi connectivity index (χ1n) is 0.775. The van der Waals surface area contributed by atoms with Crippen molar-refractivity contribution in [2.45, 2.75) is 0 Å². The van der Waals surface area contributed by atoms with Crippen molar-refractivity contribution in [1.82, 2.24) is 0 Å². The van der Waals surface area contributed by atoms with Crippen molar-refractivity contribution in [3.63, 3.8) is 0 Å². The minimum atomic E-state index is -2.17. The molecule has 2 radical (unpaired) electrons. The summed E-state index contributed by atoms with van der Waals surface area (Å²) in [6, 6.07) is 0. The molecule has 0 aromatic rings. The predicted octanol–water partition coefficient (Wildman–Crippen LogP) is -2.05. The van der Waals surface area contributed by atoms with Gasteiger partial charge in [-0.2, -0.15) is 0 Å². The zero-order valence-electron chi connectivity index (χ0n) is 3.43. The Labute approximate surface area is 121 Å². The Morgan fingerprint density at radius 1 is 1.00 bits per heavy atom. The van der Waals surface area contributed by atoms with Gasteiger partial charge in [-0.25, -0.2) is 0 Å². The molecular weight excluding hydrogens is 400 g/mol. The standard InChI is InChI=1S/BH3O3.Gd.La.Sc/c2-1(3)4;;;/h2-4H;;;. The molecule has 0 aliphatic heterocycles. The van der Waals surface area contributed by atoms with Crippen LogP contribution in [0.25, 0.3) is 0 Å². The summed E-state index contributed by atoms with van der Waals surface area (Å²) in [4.78, 5) is 0. The summed E-state index contributed by atoms with van der Waals surface area (Å²) in [6.07, 6.45) is 0. The van der Waals surface area contributed by atoms with E-state index in [1.54, 1.807) is 0 Å². The Morgan fingerprint density at radius 3 is 1.00 bits per heavy atom. The maximum Gasteiger partial charge on any atom is 0.631 e. The third-order valence-electron chi connectivity index (χ3n) is 0. The van der Waals surface area contributed by atoms with Gasteiger partial charge >= 0.3 is 7.32 Å². The Balaban J connectivity index is -0.0000000150. The molecule has 0 saturated carbocycles. The third-order valence-corrected chi connectivity index (χ3v) is 0. The van der Waals surface area contributed by atoms with Crippen molar-refractivity contribution < 1.29 is 116 Å². The van der Waals surface area contributed by atoms with Crippen LogP contribution in [-0.4, -0.2) is 22.4 Å². The van der Waals surface area contributed by atoms with E-state index >= 15 is 0 Å². The van der Waals surface area contributed by atoms with Crippen molar-refractivity contribution in [3.8, 4) is 0 Å². The summed E-state index contributed by atoms with van der Waals surface area (Å²) in [5, 5.41) is 21.5. The van der Waals surface area contributed by atoms with Crippen LogP contribution in [0.2, 0.25) is 0 Å². The average molecular weight is 403 g/mol. The summed E-state index contributed by atoms with van der Waals surface area (Å²) in [7, 11) is -2.17. The van der Waals surface area contributed by atoms with Crippen molar-refractivity contribution >= 4 is 7.32 Å². The van der Waals surface area contributed by atoms with Crippen molar-refractivity contribution in [1.29, 1.82) is 0 Å². The van der Waals surface area contributed by atoms with Gasteiger partial charge in [0.15, 0.2) is 0 Å². The van der Waals surface area contributed by atoms with E-state index in [1.165, 1.54) is 0 Å². The molecule has 0 aliphatic rings. The van der Waals surface area contributed by atoms with E-state index in [1.807, 2.05) is 0 Å². The summed E-state index contributed by atoms with van der Waals surface area (Å²) >= 11 is 0. The van der Waals surface area contributed by atoms with Crippen molar-refractivity contribution in [2.75, 3.05) is 0 Å². The first-order chi connectivity index (χ1) is 1.73. The maximum absolute atomic E-state index is 7.17. The van der Waals surface area contributed by atoms with Crippen LogP contribution in [0.1, 0.15) is 0 Å². The summed E-state index contributed by atoms with van der Waals surface area (Å²) in [6.45, 7) is 0. The molecule has 0 aliphatic carbocycles. The SMILES string of the molecule is OB(O)O.[Gd].[La].[Sc]. The monoisotopic (exact) mass is 404 g/mol. The molecule has 0 rings (SSSR count). The molecule has 0 saturated heterocycles. The van der Waals surface area contributed by atoms with Gasteiger partial charge in [0.05, 0.1) is 0 Å². The van der Waals surface area contributed by atoms with Crippen LogP contribution < -0.4 is 0 Å². The molecule has 38 valence electrons. The topological polar surface area (TPSA) is 60.7 Å². The van der Waals surface area contributed by atoms with Crippen molar-refractivity contribution in [3.05, 3.63) is 0 Å². The van der Waals surface area contributed by atoms with Gasteiger partial charge in [-0.15, -0.1) is 0 Å². The number of hydrogen-bond acceptors (Lipinski definition) is 3. The smallest absolute Gasteiger partial charge is 0.402 e. The van der Waals surface area contributed by atoms with Crippen LogP contribution in [0.4, 0.5) is 0 Å². The van der Waals surface area contributed by atoms with Crippen molar-refractivity contribution in [2.24, 2.45) is 0 Å². The van der Waals surface area contributed by atoms with E-state index in [2.05, 4.69) is 0 Å². The Kier molecular flexibility index (Phi) is 51.8. The van der Waals surface area contributed by atoms with Crippen LogP contribution in [0.3, 0.4) is 0 Å². The number of rotatable bonds is 0. The van der Waals surface area contributed by atoms with E-state index < -0.39 is 7.32 Å². The van der Waals surface area contributed by atoms with E-state index in [4.69, 9.17) is 15.1 Å². The van der Waals surface area contributed by atoms with E-state index in [0.29, 0.717) is 0 Å². The number of hydrogen-bond donors (Lipinski definition) is 3. The van der Waals surface area contributed by atoms with Gasteiger partial charge in [-0.3, -0.25) is 0 Å². The fraction of sp³-hybridized carbons (Fsp3) is 0. The zero-order chi connectivity index (χ0) is 3.58. The first kappa shape index (κ1) is 22.4. The fourth-order valence-corrected chi connectivity index (χ4v) is 0. The van der Waals surface area contributed by atoms with Gasteiger partial charge in [-0.05, 0) is 0 Å². The van der Waals surface area contributed by atoms with Gasteiger partial charge in [-0.1, -0.05) is 0 Å². The molecule has 0 heterocycles.